The predicted molar refractivity (Wildman–Crippen MR) is 80.5 cm³/mol. The number of nitrogens with zero attached hydrogens (tertiary/aromatic N) is 2. The van der Waals surface area contributed by atoms with Gasteiger partial charge in [0.25, 0.3) is 0 Å². The Morgan fingerprint density at radius 2 is 2.26 bits per heavy atom. The van der Waals surface area contributed by atoms with Crippen LogP contribution in [-0.2, 0) is 13.0 Å². The van der Waals surface area contributed by atoms with Crippen molar-refractivity contribution in [2.45, 2.75) is 38.8 Å². The molecule has 1 aromatic heterocycles. The van der Waals surface area contributed by atoms with E-state index in [9.17, 15) is 0 Å². The fourth-order valence-corrected chi connectivity index (χ4v) is 2.84. The lowest BCUT2D eigenvalue weighted by Gasteiger charge is -2.11. The van der Waals surface area contributed by atoms with Crippen LogP contribution in [0.5, 0.6) is 0 Å². The summed E-state index contributed by atoms with van der Waals surface area (Å²) >= 11 is 3.68. The van der Waals surface area contributed by atoms with Gasteiger partial charge in [-0.3, -0.25) is 0 Å². The molecule has 0 amide bonds. The second-order valence-corrected chi connectivity index (χ2v) is 5.86. The van der Waals surface area contributed by atoms with Crippen LogP contribution in [0.25, 0.3) is 5.69 Å². The fourth-order valence-electron chi connectivity index (χ4n) is 2.22. The molecule has 0 unspecified atom stereocenters. The molecule has 0 aliphatic heterocycles. The molecule has 0 radical (unpaired) electrons. The van der Waals surface area contributed by atoms with Crippen LogP contribution in [0.15, 0.2) is 35.1 Å². The number of imidazole rings is 1. The SMILES string of the molecule is CCc1nccn1-c1ccc(CNC2CC2)cc1Br. The van der Waals surface area contributed by atoms with Crippen LogP contribution in [0.1, 0.15) is 31.2 Å². The summed E-state index contributed by atoms with van der Waals surface area (Å²) in [5.74, 6) is 1.09. The van der Waals surface area contributed by atoms with Gasteiger partial charge < -0.3 is 9.88 Å². The third kappa shape index (κ3) is 2.90. The van der Waals surface area contributed by atoms with Gasteiger partial charge in [0.1, 0.15) is 5.82 Å². The molecular weight excluding hydrogens is 302 g/mol. The second kappa shape index (κ2) is 5.47. The summed E-state index contributed by atoms with van der Waals surface area (Å²) in [5.41, 5.74) is 2.48. The van der Waals surface area contributed by atoms with Crippen LogP contribution < -0.4 is 5.32 Å². The standard InChI is InChI=1S/C15H18BrN3/c1-2-15-17-7-8-19(15)14-6-3-11(9-13(14)16)10-18-12-4-5-12/h3,6-9,12,18H,2,4-5,10H2,1H3. The summed E-state index contributed by atoms with van der Waals surface area (Å²) in [6.07, 6.45) is 7.46. The van der Waals surface area contributed by atoms with Gasteiger partial charge in [0.2, 0.25) is 0 Å². The average Bonchev–Trinajstić information content (AvgIpc) is 3.13. The van der Waals surface area contributed by atoms with E-state index < -0.39 is 0 Å². The second-order valence-electron chi connectivity index (χ2n) is 5.01. The van der Waals surface area contributed by atoms with E-state index >= 15 is 0 Å². The van der Waals surface area contributed by atoms with Crippen molar-refractivity contribution in [2.75, 3.05) is 0 Å². The maximum atomic E-state index is 4.37. The normalized spacial score (nSPS) is 14.8. The van der Waals surface area contributed by atoms with Crippen molar-refractivity contribution in [2.24, 2.45) is 0 Å². The highest BCUT2D eigenvalue weighted by atomic mass is 79.9. The molecule has 100 valence electrons. The molecule has 1 N–H and O–H groups in total. The van der Waals surface area contributed by atoms with Gasteiger partial charge in [-0.1, -0.05) is 13.0 Å². The molecule has 0 saturated heterocycles. The quantitative estimate of drug-likeness (QED) is 0.914. The molecule has 2 aromatic rings. The van der Waals surface area contributed by atoms with Gasteiger partial charge in [-0.2, -0.15) is 0 Å². The minimum atomic E-state index is 0.749. The summed E-state index contributed by atoms with van der Waals surface area (Å²) in [7, 11) is 0. The Hall–Kier alpha value is -1.13. The van der Waals surface area contributed by atoms with Gasteiger partial charge >= 0.3 is 0 Å². The van der Waals surface area contributed by atoms with Gasteiger partial charge in [0, 0.05) is 35.9 Å². The molecule has 4 heteroatoms. The number of aryl methyl sites for hydroxylation is 1. The third-order valence-corrected chi connectivity index (χ3v) is 4.11. The topological polar surface area (TPSA) is 29.9 Å². The highest BCUT2D eigenvalue weighted by Gasteiger charge is 2.20. The molecule has 1 heterocycles. The number of rotatable bonds is 5. The van der Waals surface area contributed by atoms with Crippen molar-refractivity contribution < 1.29 is 0 Å². The molecule has 1 aromatic carbocycles. The Bertz CT molecular complexity index is 573. The Balaban J connectivity index is 1.82. The smallest absolute Gasteiger partial charge is 0.112 e. The number of aromatic nitrogens is 2. The number of hydrogen-bond acceptors (Lipinski definition) is 2. The van der Waals surface area contributed by atoms with Crippen molar-refractivity contribution >= 4 is 15.9 Å². The molecule has 3 rings (SSSR count). The van der Waals surface area contributed by atoms with E-state index in [1.54, 1.807) is 0 Å². The van der Waals surface area contributed by atoms with Crippen molar-refractivity contribution in [3.63, 3.8) is 0 Å². The largest absolute Gasteiger partial charge is 0.310 e. The molecule has 19 heavy (non-hydrogen) atoms. The Morgan fingerprint density at radius 3 is 2.95 bits per heavy atom. The summed E-state index contributed by atoms with van der Waals surface area (Å²) < 4.78 is 3.26. The van der Waals surface area contributed by atoms with Crippen LogP contribution in [0.4, 0.5) is 0 Å². The van der Waals surface area contributed by atoms with E-state index in [2.05, 4.69) is 55.9 Å². The van der Waals surface area contributed by atoms with Crippen molar-refractivity contribution in [1.82, 2.24) is 14.9 Å². The molecule has 0 spiro atoms. The Morgan fingerprint density at radius 1 is 1.42 bits per heavy atom. The highest BCUT2D eigenvalue weighted by Crippen LogP contribution is 2.25. The van der Waals surface area contributed by atoms with Crippen molar-refractivity contribution in [3.8, 4) is 5.69 Å². The van der Waals surface area contributed by atoms with Gasteiger partial charge in [0.05, 0.1) is 5.69 Å². The van der Waals surface area contributed by atoms with E-state index in [1.807, 2.05) is 12.4 Å². The van der Waals surface area contributed by atoms with Gasteiger partial charge in [0.15, 0.2) is 0 Å². The zero-order chi connectivity index (χ0) is 13.2. The van der Waals surface area contributed by atoms with Gasteiger partial charge in [-0.25, -0.2) is 4.98 Å². The lowest BCUT2D eigenvalue weighted by atomic mass is 10.2. The molecule has 1 saturated carbocycles. The summed E-state index contributed by atoms with van der Waals surface area (Å²) in [6.45, 7) is 3.08. The van der Waals surface area contributed by atoms with Crippen molar-refractivity contribution in [1.29, 1.82) is 0 Å². The van der Waals surface area contributed by atoms with Crippen LogP contribution in [0.2, 0.25) is 0 Å². The molecule has 1 fully saturated rings. The van der Waals surface area contributed by atoms with E-state index in [0.717, 1.165) is 35.0 Å². The van der Waals surface area contributed by atoms with Crippen LogP contribution in [0, 0.1) is 0 Å². The lowest BCUT2D eigenvalue weighted by molar-refractivity contribution is 0.687. The van der Waals surface area contributed by atoms with E-state index in [1.165, 1.54) is 18.4 Å². The van der Waals surface area contributed by atoms with Gasteiger partial charge in [-0.05, 0) is 46.5 Å². The molecule has 3 nitrogen and oxygen atoms in total. The molecular formula is C15H18BrN3. The highest BCUT2D eigenvalue weighted by molar-refractivity contribution is 9.10. The average molecular weight is 320 g/mol. The first-order chi connectivity index (χ1) is 9.28. The molecule has 0 atom stereocenters. The maximum absolute atomic E-state index is 4.37. The maximum Gasteiger partial charge on any atom is 0.112 e. The first-order valence-corrected chi connectivity index (χ1v) is 7.61. The first-order valence-electron chi connectivity index (χ1n) is 6.82. The van der Waals surface area contributed by atoms with Crippen molar-refractivity contribution in [3.05, 3.63) is 46.5 Å². The third-order valence-electron chi connectivity index (χ3n) is 3.48. The molecule has 1 aliphatic carbocycles. The fraction of sp³-hybridized carbons (Fsp3) is 0.400. The zero-order valence-corrected chi connectivity index (χ0v) is 12.7. The number of hydrogen-bond donors (Lipinski definition) is 1. The summed E-state index contributed by atoms with van der Waals surface area (Å²) in [4.78, 5) is 4.37. The molecule has 0 bridgehead atoms. The van der Waals surface area contributed by atoms with E-state index in [4.69, 9.17) is 0 Å². The van der Waals surface area contributed by atoms with E-state index in [-0.39, 0.29) is 0 Å². The van der Waals surface area contributed by atoms with Crippen LogP contribution in [0.3, 0.4) is 0 Å². The minimum Gasteiger partial charge on any atom is -0.310 e. The number of nitrogens with one attached hydrogen (secondary N) is 1. The number of halogens is 1. The molecule has 1 aliphatic rings. The van der Waals surface area contributed by atoms with Gasteiger partial charge in [-0.15, -0.1) is 0 Å². The van der Waals surface area contributed by atoms with Crippen LogP contribution >= 0.6 is 15.9 Å². The first kappa shape index (κ1) is 12.9. The number of benzene rings is 1. The zero-order valence-electron chi connectivity index (χ0n) is 11.1. The Labute approximate surface area is 122 Å². The Kier molecular flexibility index (Phi) is 3.71. The van der Waals surface area contributed by atoms with E-state index in [0.29, 0.717) is 0 Å². The summed E-state index contributed by atoms with van der Waals surface area (Å²) in [5, 5.41) is 3.54. The lowest BCUT2D eigenvalue weighted by Crippen LogP contribution is -2.15. The van der Waals surface area contributed by atoms with Crippen LogP contribution in [-0.4, -0.2) is 15.6 Å². The monoisotopic (exact) mass is 319 g/mol. The summed E-state index contributed by atoms with van der Waals surface area (Å²) in [6, 6.07) is 7.30. The minimum absolute atomic E-state index is 0.749. The predicted octanol–water partition coefficient (Wildman–Crippen LogP) is 3.45.